The van der Waals surface area contributed by atoms with Crippen molar-refractivity contribution in [3.05, 3.63) is 52.1 Å². The molecule has 1 N–H and O–H groups in total. The van der Waals surface area contributed by atoms with Crippen LogP contribution in [-0.4, -0.2) is 19.1 Å². The lowest BCUT2D eigenvalue weighted by Gasteiger charge is -2.21. The van der Waals surface area contributed by atoms with E-state index in [0.717, 1.165) is 22.5 Å². The Bertz CT molecular complexity index is 552. The van der Waals surface area contributed by atoms with Crippen molar-refractivity contribution >= 4 is 27.4 Å². The van der Waals surface area contributed by atoms with Crippen LogP contribution in [0.4, 0.5) is 11.5 Å². The Balaban J connectivity index is 2.37. The number of anilines is 2. The van der Waals surface area contributed by atoms with Gasteiger partial charge < -0.3 is 10.2 Å². The lowest BCUT2D eigenvalue weighted by Crippen LogP contribution is -2.16. The van der Waals surface area contributed by atoms with E-state index in [1.54, 1.807) is 0 Å². The molecule has 0 fully saturated rings. The molecule has 1 aromatic carbocycles. The molecule has 1 heterocycles. The van der Waals surface area contributed by atoms with Gasteiger partial charge in [0.25, 0.3) is 0 Å². The van der Waals surface area contributed by atoms with Gasteiger partial charge in [-0.3, -0.25) is 0 Å². The number of aromatic nitrogens is 1. The van der Waals surface area contributed by atoms with Crippen LogP contribution in [0.25, 0.3) is 0 Å². The highest BCUT2D eigenvalue weighted by molar-refractivity contribution is 9.10. The molecule has 0 radical (unpaired) electrons. The van der Waals surface area contributed by atoms with Crippen LogP contribution in [0.3, 0.4) is 0 Å². The molecule has 100 valence electrons. The Labute approximate surface area is 122 Å². The molecule has 0 aliphatic rings. The van der Waals surface area contributed by atoms with E-state index < -0.39 is 0 Å². The Morgan fingerprint density at radius 1 is 1.26 bits per heavy atom. The monoisotopic (exact) mass is 319 g/mol. The molecule has 2 rings (SSSR count). The lowest BCUT2D eigenvalue weighted by atomic mass is 10.2. The second kappa shape index (κ2) is 6.17. The average Bonchev–Trinajstić information content (AvgIpc) is 2.39. The fraction of sp³-hybridized carbons (Fsp3) is 0.267. The number of nitrogens with one attached hydrogen (secondary N) is 1. The van der Waals surface area contributed by atoms with Gasteiger partial charge in [-0.25, -0.2) is 4.98 Å². The first-order chi connectivity index (χ1) is 9.11. The quantitative estimate of drug-likeness (QED) is 0.932. The number of hydrogen-bond acceptors (Lipinski definition) is 3. The number of pyridine rings is 1. The Kier molecular flexibility index (Phi) is 4.56. The number of nitrogens with zero attached hydrogens (tertiary/aromatic N) is 2. The molecule has 0 amide bonds. The minimum atomic E-state index is 0.790. The average molecular weight is 320 g/mol. The summed E-state index contributed by atoms with van der Waals surface area (Å²) in [5, 5.41) is 3.18. The zero-order valence-corrected chi connectivity index (χ0v) is 13.0. The van der Waals surface area contributed by atoms with Crippen LogP contribution < -0.4 is 10.2 Å². The van der Waals surface area contributed by atoms with Gasteiger partial charge >= 0.3 is 0 Å². The molecule has 0 bridgehead atoms. The van der Waals surface area contributed by atoms with Gasteiger partial charge in [0.05, 0.1) is 0 Å². The van der Waals surface area contributed by atoms with Crippen molar-refractivity contribution in [2.45, 2.75) is 13.5 Å². The highest BCUT2D eigenvalue weighted by Crippen LogP contribution is 2.27. The molecule has 0 saturated carbocycles. The highest BCUT2D eigenvalue weighted by atomic mass is 79.9. The summed E-state index contributed by atoms with van der Waals surface area (Å²) >= 11 is 3.47. The van der Waals surface area contributed by atoms with Crippen molar-refractivity contribution < 1.29 is 0 Å². The molecule has 0 aliphatic carbocycles. The van der Waals surface area contributed by atoms with Crippen molar-refractivity contribution in [1.82, 2.24) is 10.3 Å². The fourth-order valence-electron chi connectivity index (χ4n) is 1.99. The zero-order chi connectivity index (χ0) is 13.8. The van der Waals surface area contributed by atoms with E-state index in [4.69, 9.17) is 0 Å². The van der Waals surface area contributed by atoms with Crippen LogP contribution in [0, 0.1) is 6.92 Å². The normalized spacial score (nSPS) is 10.5. The molecule has 0 spiro atoms. The van der Waals surface area contributed by atoms with Crippen molar-refractivity contribution in [2.24, 2.45) is 0 Å². The minimum absolute atomic E-state index is 0.790. The van der Waals surface area contributed by atoms with Gasteiger partial charge in [0.1, 0.15) is 5.82 Å². The molecular formula is C15H18BrN3. The van der Waals surface area contributed by atoms with Crippen LogP contribution in [-0.2, 0) is 6.54 Å². The van der Waals surface area contributed by atoms with Crippen molar-refractivity contribution in [1.29, 1.82) is 0 Å². The van der Waals surface area contributed by atoms with Gasteiger partial charge in [0, 0.05) is 35.5 Å². The molecule has 19 heavy (non-hydrogen) atoms. The maximum atomic E-state index is 4.53. The molecule has 0 atom stereocenters. The third-order valence-corrected chi connectivity index (χ3v) is 3.45. The standard InChI is InChI=1S/C15H18BrN3/c1-11-4-6-14(7-5-11)19(3)15-12(9-17-2)8-13(16)10-18-15/h4-8,10,17H,9H2,1-3H3. The molecule has 4 heteroatoms. The van der Waals surface area contributed by atoms with Crippen LogP contribution in [0.2, 0.25) is 0 Å². The molecule has 0 aliphatic heterocycles. The van der Waals surface area contributed by atoms with E-state index in [-0.39, 0.29) is 0 Å². The smallest absolute Gasteiger partial charge is 0.137 e. The van der Waals surface area contributed by atoms with E-state index in [1.165, 1.54) is 11.1 Å². The first-order valence-electron chi connectivity index (χ1n) is 6.21. The number of halogens is 1. The van der Waals surface area contributed by atoms with Crippen LogP contribution in [0.15, 0.2) is 41.0 Å². The van der Waals surface area contributed by atoms with Crippen LogP contribution in [0.5, 0.6) is 0 Å². The second-order valence-corrected chi connectivity index (χ2v) is 5.48. The third-order valence-electron chi connectivity index (χ3n) is 3.02. The maximum Gasteiger partial charge on any atom is 0.137 e. The Morgan fingerprint density at radius 3 is 2.58 bits per heavy atom. The number of rotatable bonds is 4. The lowest BCUT2D eigenvalue weighted by molar-refractivity contribution is 0.809. The second-order valence-electron chi connectivity index (χ2n) is 4.56. The number of hydrogen-bond donors (Lipinski definition) is 1. The van der Waals surface area contributed by atoms with E-state index >= 15 is 0 Å². The van der Waals surface area contributed by atoms with E-state index in [1.807, 2.05) is 20.3 Å². The number of aryl methyl sites for hydroxylation is 1. The molecule has 0 unspecified atom stereocenters. The van der Waals surface area contributed by atoms with E-state index in [0.29, 0.717) is 0 Å². The van der Waals surface area contributed by atoms with Crippen molar-refractivity contribution in [3.8, 4) is 0 Å². The molecule has 0 saturated heterocycles. The SMILES string of the molecule is CNCc1cc(Br)cnc1N(C)c1ccc(C)cc1. The summed E-state index contributed by atoms with van der Waals surface area (Å²) < 4.78 is 0.999. The van der Waals surface area contributed by atoms with E-state index in [9.17, 15) is 0 Å². The third kappa shape index (κ3) is 3.33. The summed E-state index contributed by atoms with van der Waals surface area (Å²) in [5.41, 5.74) is 3.56. The van der Waals surface area contributed by atoms with Gasteiger partial charge in [0.15, 0.2) is 0 Å². The van der Waals surface area contributed by atoms with Crippen molar-refractivity contribution in [2.75, 3.05) is 19.0 Å². The zero-order valence-electron chi connectivity index (χ0n) is 11.4. The molecular weight excluding hydrogens is 302 g/mol. The topological polar surface area (TPSA) is 28.2 Å². The van der Waals surface area contributed by atoms with Gasteiger partial charge in [0.2, 0.25) is 0 Å². The summed E-state index contributed by atoms with van der Waals surface area (Å²) in [6.07, 6.45) is 1.83. The van der Waals surface area contributed by atoms with Crippen molar-refractivity contribution in [3.63, 3.8) is 0 Å². The predicted molar refractivity (Wildman–Crippen MR) is 83.9 cm³/mol. The first-order valence-corrected chi connectivity index (χ1v) is 7.00. The summed E-state index contributed by atoms with van der Waals surface area (Å²) in [7, 11) is 3.98. The summed E-state index contributed by atoms with van der Waals surface area (Å²) in [6.45, 7) is 2.88. The molecule has 2 aromatic rings. The van der Waals surface area contributed by atoms with Gasteiger partial charge in [-0.15, -0.1) is 0 Å². The Morgan fingerprint density at radius 2 is 1.95 bits per heavy atom. The fourth-order valence-corrected chi connectivity index (χ4v) is 2.37. The summed E-state index contributed by atoms with van der Waals surface area (Å²) in [5.74, 6) is 0.974. The highest BCUT2D eigenvalue weighted by Gasteiger charge is 2.11. The van der Waals surface area contributed by atoms with Gasteiger partial charge in [-0.1, -0.05) is 17.7 Å². The molecule has 3 nitrogen and oxygen atoms in total. The van der Waals surface area contributed by atoms with E-state index in [2.05, 4.69) is 68.4 Å². The molecule has 1 aromatic heterocycles. The predicted octanol–water partition coefficient (Wildman–Crippen LogP) is 3.64. The summed E-state index contributed by atoms with van der Waals surface area (Å²) in [6, 6.07) is 10.6. The largest absolute Gasteiger partial charge is 0.329 e. The number of benzene rings is 1. The maximum absolute atomic E-state index is 4.53. The van der Waals surface area contributed by atoms with Gasteiger partial charge in [-0.05, 0) is 48.1 Å². The summed E-state index contributed by atoms with van der Waals surface area (Å²) in [4.78, 5) is 6.64. The minimum Gasteiger partial charge on any atom is -0.329 e. The van der Waals surface area contributed by atoms with Crippen LogP contribution >= 0.6 is 15.9 Å². The van der Waals surface area contributed by atoms with Crippen LogP contribution in [0.1, 0.15) is 11.1 Å². The van der Waals surface area contributed by atoms with Gasteiger partial charge in [-0.2, -0.15) is 0 Å². The first kappa shape index (κ1) is 14.0. The Hall–Kier alpha value is -1.39.